The van der Waals surface area contributed by atoms with Gasteiger partial charge < -0.3 is 4.74 Å². The van der Waals surface area contributed by atoms with Crippen molar-refractivity contribution in [1.82, 2.24) is 0 Å². The van der Waals surface area contributed by atoms with Crippen LogP contribution in [0.5, 0.6) is 0 Å². The second kappa shape index (κ2) is 3.40. The van der Waals surface area contributed by atoms with E-state index in [9.17, 15) is 4.79 Å². The Labute approximate surface area is 61.9 Å². The first-order valence-corrected chi connectivity index (χ1v) is 3.13. The van der Waals surface area contributed by atoms with Crippen LogP contribution in [0.15, 0.2) is 12.7 Å². The maximum absolute atomic E-state index is 10.5. The fourth-order valence-corrected chi connectivity index (χ4v) is 0.283. The van der Waals surface area contributed by atoms with Crippen LogP contribution in [0.1, 0.15) is 20.8 Å². The largest absolute Gasteiger partial charge is 0.455 e. The van der Waals surface area contributed by atoms with E-state index in [-0.39, 0.29) is 5.41 Å². The molecule has 0 heterocycles. The number of esters is 1. The second-order valence-corrected chi connectivity index (χ2v) is 3.12. The number of hydrogen-bond donors (Lipinski definition) is 0. The molecule has 0 atom stereocenters. The van der Waals surface area contributed by atoms with Crippen LogP contribution in [0.3, 0.4) is 0 Å². The molecule has 0 saturated heterocycles. The third kappa shape index (κ3) is 5.35. The maximum Gasteiger partial charge on any atom is 0.330 e. The summed E-state index contributed by atoms with van der Waals surface area (Å²) < 4.78 is 4.67. The number of rotatable bonds is 2. The van der Waals surface area contributed by atoms with Gasteiger partial charge in [0.2, 0.25) is 0 Å². The second-order valence-electron chi connectivity index (χ2n) is 3.12. The lowest BCUT2D eigenvalue weighted by atomic mass is 9.99. The molecule has 0 aromatic rings. The number of carbonyl (C=O) groups is 1. The Kier molecular flexibility index (Phi) is 3.13. The van der Waals surface area contributed by atoms with Gasteiger partial charge in [-0.1, -0.05) is 27.4 Å². The molecule has 57 valence electrons. The average Bonchev–Trinajstić information content (AvgIpc) is 1.81. The van der Waals surface area contributed by atoms with Crippen molar-refractivity contribution in [2.75, 3.05) is 0 Å². The summed E-state index contributed by atoms with van der Waals surface area (Å²) in [4.78, 5) is 10.5. The molecule has 0 aromatic carbocycles. The molecule has 0 unspecified atom stereocenters. The van der Waals surface area contributed by atoms with E-state index in [2.05, 4.69) is 11.3 Å². The molecule has 0 spiro atoms. The van der Waals surface area contributed by atoms with Crippen LogP contribution in [0, 0.1) is 12.0 Å². The van der Waals surface area contributed by atoms with Gasteiger partial charge in [0.05, 0.1) is 0 Å². The van der Waals surface area contributed by atoms with E-state index in [1.54, 1.807) is 0 Å². The molecule has 0 aliphatic heterocycles. The first-order chi connectivity index (χ1) is 4.45. The predicted octanol–water partition coefficient (Wildman–Crippen LogP) is 1.92. The molecule has 0 saturated carbocycles. The third-order valence-corrected chi connectivity index (χ3v) is 0.695. The van der Waals surface area contributed by atoms with Crippen LogP contribution >= 0.6 is 0 Å². The molecular formula is C8H13O2. The molecule has 0 bridgehead atoms. The zero-order valence-electron chi connectivity index (χ0n) is 6.68. The standard InChI is InChI=1S/C8H13O2/c1-5-7(9)10-6-8(2,3)4/h5-6H,1H2,2-4H3. The Morgan fingerprint density at radius 3 is 2.30 bits per heavy atom. The van der Waals surface area contributed by atoms with Crippen LogP contribution in [0.4, 0.5) is 0 Å². The lowest BCUT2D eigenvalue weighted by molar-refractivity contribution is -0.136. The van der Waals surface area contributed by atoms with Crippen molar-refractivity contribution >= 4 is 5.97 Å². The Bertz CT molecular complexity index is 131. The quantitative estimate of drug-likeness (QED) is 0.434. The van der Waals surface area contributed by atoms with Crippen molar-refractivity contribution in [3.8, 4) is 0 Å². The van der Waals surface area contributed by atoms with Gasteiger partial charge >= 0.3 is 5.97 Å². The van der Waals surface area contributed by atoms with Crippen LogP contribution in [-0.4, -0.2) is 5.97 Å². The van der Waals surface area contributed by atoms with Crippen molar-refractivity contribution in [3.63, 3.8) is 0 Å². The molecule has 1 radical (unpaired) electrons. The van der Waals surface area contributed by atoms with Crippen molar-refractivity contribution in [2.45, 2.75) is 20.8 Å². The van der Waals surface area contributed by atoms with E-state index in [0.29, 0.717) is 0 Å². The molecule has 10 heavy (non-hydrogen) atoms. The van der Waals surface area contributed by atoms with Gasteiger partial charge in [-0.3, -0.25) is 0 Å². The van der Waals surface area contributed by atoms with Crippen molar-refractivity contribution in [1.29, 1.82) is 0 Å². The Hall–Kier alpha value is -0.790. The minimum absolute atomic E-state index is 0.0847. The summed E-state index contributed by atoms with van der Waals surface area (Å²) in [6.45, 7) is 10.6. The molecular weight excluding hydrogens is 128 g/mol. The van der Waals surface area contributed by atoms with Gasteiger partial charge in [-0.15, -0.1) is 0 Å². The Balaban J connectivity index is 3.55. The van der Waals surface area contributed by atoms with Gasteiger partial charge in [-0.25, -0.2) is 4.79 Å². The summed E-state index contributed by atoms with van der Waals surface area (Å²) >= 11 is 0. The first-order valence-electron chi connectivity index (χ1n) is 3.13. The molecule has 2 heteroatoms. The van der Waals surface area contributed by atoms with E-state index in [1.807, 2.05) is 20.8 Å². The summed E-state index contributed by atoms with van der Waals surface area (Å²) in [6.07, 6.45) is 1.14. The lowest BCUT2D eigenvalue weighted by Crippen LogP contribution is -2.11. The predicted molar refractivity (Wildman–Crippen MR) is 40.0 cm³/mol. The Morgan fingerprint density at radius 2 is 2.00 bits per heavy atom. The SMILES string of the molecule is C=CC(=O)O[CH]C(C)(C)C. The topological polar surface area (TPSA) is 26.3 Å². The van der Waals surface area contributed by atoms with Crippen LogP contribution in [0.2, 0.25) is 0 Å². The fraction of sp³-hybridized carbons (Fsp3) is 0.500. The molecule has 0 amide bonds. The highest BCUT2D eigenvalue weighted by molar-refractivity contribution is 5.81. The van der Waals surface area contributed by atoms with Gasteiger partial charge in [0.25, 0.3) is 0 Å². The van der Waals surface area contributed by atoms with Gasteiger partial charge in [0.15, 0.2) is 0 Å². The van der Waals surface area contributed by atoms with Crippen molar-refractivity contribution in [2.24, 2.45) is 5.41 Å². The van der Waals surface area contributed by atoms with Gasteiger partial charge in [0, 0.05) is 11.5 Å². The molecule has 0 rings (SSSR count). The highest BCUT2D eigenvalue weighted by Crippen LogP contribution is 2.17. The zero-order chi connectivity index (χ0) is 8.20. The third-order valence-electron chi connectivity index (χ3n) is 0.695. The number of ether oxygens (including phenoxy) is 1. The summed E-state index contributed by atoms with van der Waals surface area (Å²) in [5, 5.41) is 0. The molecule has 0 aliphatic rings. The minimum atomic E-state index is -0.407. The number of carbonyl (C=O) groups excluding carboxylic acids is 1. The fourth-order valence-electron chi connectivity index (χ4n) is 0.283. The summed E-state index contributed by atoms with van der Waals surface area (Å²) in [5.74, 6) is -0.407. The van der Waals surface area contributed by atoms with E-state index in [1.165, 1.54) is 6.61 Å². The average molecular weight is 141 g/mol. The molecule has 0 aliphatic carbocycles. The zero-order valence-corrected chi connectivity index (χ0v) is 6.68. The smallest absolute Gasteiger partial charge is 0.330 e. The van der Waals surface area contributed by atoms with Gasteiger partial charge in [-0.05, 0) is 0 Å². The number of hydrogen-bond acceptors (Lipinski definition) is 2. The van der Waals surface area contributed by atoms with Crippen LogP contribution in [0.25, 0.3) is 0 Å². The Morgan fingerprint density at radius 1 is 1.50 bits per heavy atom. The summed E-state index contributed by atoms with van der Waals surface area (Å²) in [7, 11) is 0. The van der Waals surface area contributed by atoms with Crippen LogP contribution < -0.4 is 0 Å². The maximum atomic E-state index is 10.5. The van der Waals surface area contributed by atoms with E-state index in [0.717, 1.165) is 6.08 Å². The monoisotopic (exact) mass is 141 g/mol. The normalized spacial score (nSPS) is 10.7. The summed E-state index contributed by atoms with van der Waals surface area (Å²) in [5.41, 5.74) is -0.0847. The van der Waals surface area contributed by atoms with E-state index >= 15 is 0 Å². The van der Waals surface area contributed by atoms with Crippen molar-refractivity contribution in [3.05, 3.63) is 19.3 Å². The minimum Gasteiger partial charge on any atom is -0.455 e. The highest BCUT2D eigenvalue weighted by Gasteiger charge is 2.12. The molecule has 2 nitrogen and oxygen atoms in total. The molecule has 0 fully saturated rings. The molecule has 0 aromatic heterocycles. The lowest BCUT2D eigenvalue weighted by Gasteiger charge is -2.15. The van der Waals surface area contributed by atoms with Gasteiger partial charge in [-0.2, -0.15) is 0 Å². The van der Waals surface area contributed by atoms with Gasteiger partial charge in [0.1, 0.15) is 6.61 Å². The molecule has 0 N–H and O–H groups in total. The first kappa shape index (κ1) is 9.21. The van der Waals surface area contributed by atoms with Crippen LogP contribution in [-0.2, 0) is 9.53 Å². The van der Waals surface area contributed by atoms with Crippen molar-refractivity contribution < 1.29 is 9.53 Å². The van der Waals surface area contributed by atoms with E-state index in [4.69, 9.17) is 0 Å². The van der Waals surface area contributed by atoms with E-state index < -0.39 is 5.97 Å². The highest BCUT2D eigenvalue weighted by atomic mass is 16.5. The summed E-state index contributed by atoms with van der Waals surface area (Å²) in [6, 6.07) is 0.